The minimum Gasteiger partial charge on any atom is -0.487 e. The third-order valence-corrected chi connectivity index (χ3v) is 1.58. The van der Waals surface area contributed by atoms with Gasteiger partial charge in [-0.15, -0.1) is 0 Å². The van der Waals surface area contributed by atoms with Crippen LogP contribution in [0.15, 0.2) is 36.4 Å². The van der Waals surface area contributed by atoms with Crippen LogP contribution in [0.2, 0.25) is 0 Å². The van der Waals surface area contributed by atoms with E-state index >= 15 is 0 Å². The summed E-state index contributed by atoms with van der Waals surface area (Å²) in [6.07, 6.45) is 0.628. The van der Waals surface area contributed by atoms with Gasteiger partial charge in [0.15, 0.2) is 0 Å². The molecule has 0 radical (unpaired) electrons. The van der Waals surface area contributed by atoms with E-state index < -0.39 is 0 Å². The Bertz CT molecular complexity index is 334. The summed E-state index contributed by atoms with van der Waals surface area (Å²) in [7, 11) is 0. The summed E-state index contributed by atoms with van der Waals surface area (Å²) in [5.74, 6) is 0.655. The van der Waals surface area contributed by atoms with E-state index in [4.69, 9.17) is 4.74 Å². The van der Waals surface area contributed by atoms with Crippen molar-refractivity contribution >= 4 is 12.1 Å². The number of hydrogen-bond acceptors (Lipinski definition) is 2. The lowest BCUT2D eigenvalue weighted by atomic mass is 10.3. The molecule has 0 aliphatic rings. The molecule has 0 atom stereocenters. The average molecular weight is 191 g/mol. The average Bonchev–Trinajstić information content (AvgIpc) is 2.17. The Morgan fingerprint density at radius 1 is 1.57 bits per heavy atom. The molecule has 1 N–H and O–H groups in total. The van der Waals surface area contributed by atoms with Gasteiger partial charge in [0.05, 0.1) is 5.69 Å². The van der Waals surface area contributed by atoms with Crippen LogP contribution in [0.3, 0.4) is 0 Å². The predicted octanol–water partition coefficient (Wildman–Crippen LogP) is 2.21. The van der Waals surface area contributed by atoms with E-state index in [0.29, 0.717) is 24.5 Å². The molecular weight excluding hydrogens is 178 g/mol. The number of ether oxygens (including phenoxy) is 1. The lowest BCUT2D eigenvalue weighted by Gasteiger charge is -2.09. The summed E-state index contributed by atoms with van der Waals surface area (Å²) in [5, 5.41) is 2.56. The molecule has 1 amide bonds. The van der Waals surface area contributed by atoms with Crippen molar-refractivity contribution in [3.63, 3.8) is 0 Å². The number of anilines is 1. The second-order valence-electron chi connectivity index (χ2n) is 3.00. The van der Waals surface area contributed by atoms with Crippen molar-refractivity contribution < 1.29 is 9.53 Å². The number of carbonyl (C=O) groups is 1. The van der Waals surface area contributed by atoms with E-state index in [1.807, 2.05) is 19.1 Å². The summed E-state index contributed by atoms with van der Waals surface area (Å²) in [6.45, 7) is 6.07. The largest absolute Gasteiger partial charge is 0.487 e. The van der Waals surface area contributed by atoms with Gasteiger partial charge in [-0.05, 0) is 24.6 Å². The number of nitrogens with one attached hydrogen (secondary N) is 1. The number of para-hydroxylation sites is 2. The highest BCUT2D eigenvalue weighted by atomic mass is 16.5. The van der Waals surface area contributed by atoms with Gasteiger partial charge in [-0.1, -0.05) is 18.7 Å². The first kappa shape index (κ1) is 10.3. The number of amides is 1. The highest BCUT2D eigenvalue weighted by molar-refractivity contribution is 5.75. The van der Waals surface area contributed by atoms with E-state index in [1.54, 1.807) is 12.1 Å². The molecule has 14 heavy (non-hydrogen) atoms. The Hall–Kier alpha value is -1.77. The maximum atomic E-state index is 10.3. The minimum absolute atomic E-state index is 0.456. The second-order valence-corrected chi connectivity index (χ2v) is 3.00. The third kappa shape index (κ3) is 2.94. The van der Waals surface area contributed by atoms with Crippen LogP contribution in [0, 0.1) is 0 Å². The first-order valence-corrected chi connectivity index (χ1v) is 4.30. The fourth-order valence-electron chi connectivity index (χ4n) is 0.976. The van der Waals surface area contributed by atoms with Crippen LogP contribution in [0.4, 0.5) is 5.69 Å². The third-order valence-electron chi connectivity index (χ3n) is 1.58. The highest BCUT2D eigenvalue weighted by Crippen LogP contribution is 2.23. The van der Waals surface area contributed by atoms with Crippen LogP contribution in [0.5, 0.6) is 5.75 Å². The van der Waals surface area contributed by atoms with Crippen LogP contribution in [0.25, 0.3) is 0 Å². The summed E-state index contributed by atoms with van der Waals surface area (Å²) >= 11 is 0. The standard InChI is InChI=1S/C11H13NO2/c1-9(2)7-14-11-6-4-3-5-10(11)12-8-13/h3-6,8H,1,7H2,2H3,(H,12,13). The summed E-state index contributed by atoms with van der Waals surface area (Å²) < 4.78 is 5.43. The first-order chi connectivity index (χ1) is 6.74. The molecule has 0 unspecified atom stereocenters. The zero-order valence-electron chi connectivity index (χ0n) is 8.12. The van der Waals surface area contributed by atoms with E-state index in [1.165, 1.54) is 0 Å². The zero-order chi connectivity index (χ0) is 10.4. The van der Waals surface area contributed by atoms with Crippen LogP contribution in [-0.2, 0) is 4.79 Å². The summed E-state index contributed by atoms with van der Waals surface area (Å²) in [4.78, 5) is 10.3. The molecule has 0 saturated carbocycles. The molecule has 0 spiro atoms. The van der Waals surface area contributed by atoms with E-state index in [2.05, 4.69) is 11.9 Å². The number of carbonyl (C=O) groups excluding carboxylic acids is 1. The first-order valence-electron chi connectivity index (χ1n) is 4.30. The Balaban J connectivity index is 2.73. The summed E-state index contributed by atoms with van der Waals surface area (Å²) in [5.41, 5.74) is 1.61. The maximum Gasteiger partial charge on any atom is 0.211 e. The van der Waals surface area contributed by atoms with Gasteiger partial charge in [0.1, 0.15) is 12.4 Å². The van der Waals surface area contributed by atoms with Gasteiger partial charge >= 0.3 is 0 Å². The Morgan fingerprint density at radius 2 is 2.29 bits per heavy atom. The fraction of sp³-hybridized carbons (Fsp3) is 0.182. The number of benzene rings is 1. The monoisotopic (exact) mass is 191 g/mol. The molecule has 74 valence electrons. The van der Waals surface area contributed by atoms with Gasteiger partial charge in [0.25, 0.3) is 0 Å². The van der Waals surface area contributed by atoms with Crippen molar-refractivity contribution in [1.82, 2.24) is 0 Å². The molecule has 0 bridgehead atoms. The SMILES string of the molecule is C=C(C)COc1ccccc1NC=O. The second kappa shape index (κ2) is 5.07. The van der Waals surface area contributed by atoms with Gasteiger partial charge in [0, 0.05) is 0 Å². The van der Waals surface area contributed by atoms with Crippen LogP contribution >= 0.6 is 0 Å². The lowest BCUT2D eigenvalue weighted by Crippen LogP contribution is -2.02. The van der Waals surface area contributed by atoms with Crippen molar-refractivity contribution in [3.8, 4) is 5.75 Å². The van der Waals surface area contributed by atoms with Crippen molar-refractivity contribution in [2.45, 2.75) is 6.92 Å². The van der Waals surface area contributed by atoms with Gasteiger partial charge in [-0.2, -0.15) is 0 Å². The van der Waals surface area contributed by atoms with Crippen LogP contribution < -0.4 is 10.1 Å². The van der Waals surface area contributed by atoms with Gasteiger partial charge in [-0.25, -0.2) is 0 Å². The molecule has 0 aliphatic heterocycles. The molecule has 3 nitrogen and oxygen atoms in total. The summed E-state index contributed by atoms with van der Waals surface area (Å²) in [6, 6.07) is 7.26. The van der Waals surface area contributed by atoms with Crippen molar-refractivity contribution in [2.75, 3.05) is 11.9 Å². The topological polar surface area (TPSA) is 38.3 Å². The van der Waals surface area contributed by atoms with Gasteiger partial charge in [0.2, 0.25) is 6.41 Å². The molecule has 1 rings (SSSR count). The predicted molar refractivity (Wildman–Crippen MR) is 56.4 cm³/mol. The van der Waals surface area contributed by atoms with Crippen molar-refractivity contribution in [3.05, 3.63) is 36.4 Å². The molecule has 0 aliphatic carbocycles. The molecule has 1 aromatic rings. The van der Waals surface area contributed by atoms with Crippen LogP contribution in [0.1, 0.15) is 6.92 Å². The maximum absolute atomic E-state index is 10.3. The number of rotatable bonds is 5. The van der Waals surface area contributed by atoms with Crippen molar-refractivity contribution in [1.29, 1.82) is 0 Å². The van der Waals surface area contributed by atoms with Crippen LogP contribution in [-0.4, -0.2) is 13.0 Å². The molecule has 0 fully saturated rings. The zero-order valence-corrected chi connectivity index (χ0v) is 8.12. The molecule has 0 aromatic heterocycles. The smallest absolute Gasteiger partial charge is 0.211 e. The Kier molecular flexibility index (Phi) is 3.73. The van der Waals surface area contributed by atoms with E-state index in [9.17, 15) is 4.79 Å². The van der Waals surface area contributed by atoms with Gasteiger partial charge < -0.3 is 10.1 Å². The lowest BCUT2D eigenvalue weighted by molar-refractivity contribution is -0.105. The molecule has 0 saturated heterocycles. The fourth-order valence-corrected chi connectivity index (χ4v) is 0.976. The highest BCUT2D eigenvalue weighted by Gasteiger charge is 2.00. The number of hydrogen-bond donors (Lipinski definition) is 1. The minimum atomic E-state index is 0.456. The van der Waals surface area contributed by atoms with E-state index in [-0.39, 0.29) is 0 Å². The van der Waals surface area contributed by atoms with Gasteiger partial charge in [-0.3, -0.25) is 4.79 Å². The molecular formula is C11H13NO2. The molecule has 0 heterocycles. The molecule has 3 heteroatoms. The quantitative estimate of drug-likeness (QED) is 0.572. The Morgan fingerprint density at radius 3 is 2.93 bits per heavy atom. The Labute approximate surface area is 83.4 Å². The normalized spacial score (nSPS) is 9.21. The van der Waals surface area contributed by atoms with E-state index in [0.717, 1.165) is 5.57 Å². The molecule has 1 aromatic carbocycles. The van der Waals surface area contributed by atoms with Crippen molar-refractivity contribution in [2.24, 2.45) is 0 Å².